The molecule has 0 aliphatic carbocycles. The molecule has 6 nitrogen and oxygen atoms in total. The van der Waals surface area contributed by atoms with Crippen LogP contribution in [0.2, 0.25) is 0 Å². The molecule has 0 spiro atoms. The maximum absolute atomic E-state index is 8.18. The van der Waals surface area contributed by atoms with Gasteiger partial charge in [-0.3, -0.25) is 0 Å². The van der Waals surface area contributed by atoms with Crippen LogP contribution >= 0.6 is 0 Å². The van der Waals surface area contributed by atoms with Gasteiger partial charge in [0.2, 0.25) is 5.88 Å². The zero-order chi connectivity index (χ0) is 11.1. The summed E-state index contributed by atoms with van der Waals surface area (Å²) in [6, 6.07) is 1.74. The van der Waals surface area contributed by atoms with E-state index in [1.54, 1.807) is 26.5 Å². The van der Waals surface area contributed by atoms with Crippen LogP contribution in [0.1, 0.15) is 5.56 Å². The first-order chi connectivity index (χ1) is 7.33. The Labute approximate surface area is 87.5 Å². The fraction of sp³-hybridized carbons (Fsp3) is 0.444. The van der Waals surface area contributed by atoms with E-state index in [0.717, 1.165) is 5.56 Å². The summed E-state index contributed by atoms with van der Waals surface area (Å²) in [5.41, 5.74) is 8.99. The SMILES string of the molecule is COc1ccnc(OC)c1CCN=[N+]=[N-]. The van der Waals surface area contributed by atoms with Crippen LogP contribution in [0.15, 0.2) is 17.4 Å². The molecule has 1 heterocycles. The predicted octanol–water partition coefficient (Wildman–Crippen LogP) is 1.95. The monoisotopic (exact) mass is 208 g/mol. The van der Waals surface area contributed by atoms with Gasteiger partial charge in [-0.1, -0.05) is 5.11 Å². The summed E-state index contributed by atoms with van der Waals surface area (Å²) in [5.74, 6) is 1.19. The van der Waals surface area contributed by atoms with E-state index in [9.17, 15) is 0 Å². The Morgan fingerprint density at radius 1 is 1.47 bits per heavy atom. The van der Waals surface area contributed by atoms with E-state index in [2.05, 4.69) is 15.0 Å². The summed E-state index contributed by atoms with van der Waals surface area (Å²) in [4.78, 5) is 6.73. The Kier molecular flexibility index (Phi) is 4.25. The molecule has 0 aliphatic heterocycles. The van der Waals surface area contributed by atoms with Crippen LogP contribution < -0.4 is 9.47 Å². The molecule has 0 amide bonds. The third-order valence-electron chi connectivity index (χ3n) is 1.91. The van der Waals surface area contributed by atoms with Gasteiger partial charge in [0.25, 0.3) is 0 Å². The topological polar surface area (TPSA) is 80.1 Å². The minimum absolute atomic E-state index is 0.356. The summed E-state index contributed by atoms with van der Waals surface area (Å²) in [5, 5.41) is 3.46. The molecule has 0 fully saturated rings. The second-order valence-corrected chi connectivity index (χ2v) is 2.71. The molecule has 15 heavy (non-hydrogen) atoms. The van der Waals surface area contributed by atoms with E-state index in [4.69, 9.17) is 15.0 Å². The number of methoxy groups -OCH3 is 2. The van der Waals surface area contributed by atoms with Crippen LogP contribution in [0.25, 0.3) is 10.4 Å². The van der Waals surface area contributed by atoms with Crippen molar-refractivity contribution < 1.29 is 9.47 Å². The van der Waals surface area contributed by atoms with Gasteiger partial charge in [0.1, 0.15) is 5.75 Å². The normalized spacial score (nSPS) is 9.20. The average Bonchev–Trinajstić information content (AvgIpc) is 2.29. The van der Waals surface area contributed by atoms with Crippen LogP contribution in [0.4, 0.5) is 0 Å². The molecular formula is C9H12N4O2. The third-order valence-corrected chi connectivity index (χ3v) is 1.91. The van der Waals surface area contributed by atoms with Crippen molar-refractivity contribution in [1.82, 2.24) is 4.98 Å². The first-order valence-corrected chi connectivity index (χ1v) is 4.40. The highest BCUT2D eigenvalue weighted by Gasteiger charge is 2.09. The summed E-state index contributed by atoms with van der Waals surface area (Å²) in [6.45, 7) is 0.356. The lowest BCUT2D eigenvalue weighted by molar-refractivity contribution is 0.373. The van der Waals surface area contributed by atoms with E-state index < -0.39 is 0 Å². The second kappa shape index (κ2) is 5.72. The molecule has 0 N–H and O–H groups in total. The molecule has 80 valence electrons. The molecule has 0 aliphatic rings. The van der Waals surface area contributed by atoms with Crippen LogP contribution in [-0.2, 0) is 6.42 Å². The largest absolute Gasteiger partial charge is 0.496 e. The van der Waals surface area contributed by atoms with E-state index in [1.807, 2.05) is 0 Å². The number of hydrogen-bond acceptors (Lipinski definition) is 4. The summed E-state index contributed by atoms with van der Waals surface area (Å²) < 4.78 is 10.3. The molecule has 0 unspecified atom stereocenters. The average molecular weight is 208 g/mol. The third kappa shape index (κ3) is 2.75. The lowest BCUT2D eigenvalue weighted by Crippen LogP contribution is -2.00. The van der Waals surface area contributed by atoms with Gasteiger partial charge in [-0.2, -0.15) is 0 Å². The molecule has 6 heteroatoms. The zero-order valence-electron chi connectivity index (χ0n) is 8.67. The number of ether oxygens (including phenoxy) is 2. The van der Waals surface area contributed by atoms with Gasteiger partial charge in [-0.05, 0) is 18.0 Å². The predicted molar refractivity (Wildman–Crippen MR) is 55.1 cm³/mol. The second-order valence-electron chi connectivity index (χ2n) is 2.71. The molecular weight excluding hydrogens is 196 g/mol. The summed E-state index contributed by atoms with van der Waals surface area (Å²) in [7, 11) is 3.12. The molecule has 0 saturated carbocycles. The van der Waals surface area contributed by atoms with Crippen molar-refractivity contribution in [2.75, 3.05) is 20.8 Å². The molecule has 0 saturated heterocycles. The summed E-state index contributed by atoms with van der Waals surface area (Å²) in [6.07, 6.45) is 2.15. The molecule has 0 aromatic carbocycles. The Morgan fingerprint density at radius 2 is 2.27 bits per heavy atom. The highest BCUT2D eigenvalue weighted by atomic mass is 16.5. The van der Waals surface area contributed by atoms with Crippen molar-refractivity contribution in [3.63, 3.8) is 0 Å². The molecule has 1 aromatic rings. The Balaban J connectivity index is 2.94. The van der Waals surface area contributed by atoms with E-state index >= 15 is 0 Å². The highest BCUT2D eigenvalue weighted by Crippen LogP contribution is 2.26. The fourth-order valence-corrected chi connectivity index (χ4v) is 1.26. The van der Waals surface area contributed by atoms with E-state index in [-0.39, 0.29) is 0 Å². The maximum Gasteiger partial charge on any atom is 0.219 e. The number of nitrogens with zero attached hydrogens (tertiary/aromatic N) is 4. The van der Waals surface area contributed by atoms with Crippen LogP contribution in [0.3, 0.4) is 0 Å². The van der Waals surface area contributed by atoms with Crippen molar-refractivity contribution in [2.45, 2.75) is 6.42 Å². The number of pyridine rings is 1. The van der Waals surface area contributed by atoms with Crippen molar-refractivity contribution in [2.24, 2.45) is 5.11 Å². The Morgan fingerprint density at radius 3 is 2.87 bits per heavy atom. The maximum atomic E-state index is 8.18. The van der Waals surface area contributed by atoms with Gasteiger partial charge in [-0.15, -0.1) is 0 Å². The molecule has 1 rings (SSSR count). The van der Waals surface area contributed by atoms with E-state index in [0.29, 0.717) is 24.6 Å². The van der Waals surface area contributed by atoms with Crippen molar-refractivity contribution in [1.29, 1.82) is 0 Å². The van der Waals surface area contributed by atoms with Gasteiger partial charge in [0.15, 0.2) is 0 Å². The van der Waals surface area contributed by atoms with Crippen LogP contribution in [-0.4, -0.2) is 25.7 Å². The fourth-order valence-electron chi connectivity index (χ4n) is 1.26. The number of hydrogen-bond donors (Lipinski definition) is 0. The van der Waals surface area contributed by atoms with Gasteiger partial charge in [0, 0.05) is 17.7 Å². The van der Waals surface area contributed by atoms with Gasteiger partial charge in [-0.25, -0.2) is 4.98 Å². The standard InChI is InChI=1S/C9H12N4O2/c1-14-8-4-5-11-9(15-2)7(8)3-6-12-13-10/h4-5H,3,6H2,1-2H3. The van der Waals surface area contributed by atoms with Gasteiger partial charge < -0.3 is 9.47 Å². The first kappa shape index (κ1) is 11.1. The highest BCUT2D eigenvalue weighted by molar-refractivity contribution is 5.39. The van der Waals surface area contributed by atoms with Crippen LogP contribution in [0, 0.1) is 0 Å². The summed E-state index contributed by atoms with van der Waals surface area (Å²) >= 11 is 0. The lowest BCUT2D eigenvalue weighted by atomic mass is 10.2. The van der Waals surface area contributed by atoms with Gasteiger partial charge in [0.05, 0.1) is 19.8 Å². The molecule has 0 atom stereocenters. The van der Waals surface area contributed by atoms with E-state index in [1.165, 1.54) is 0 Å². The minimum Gasteiger partial charge on any atom is -0.496 e. The first-order valence-electron chi connectivity index (χ1n) is 4.40. The molecule has 0 bridgehead atoms. The Hall–Kier alpha value is -1.94. The number of aromatic nitrogens is 1. The minimum atomic E-state index is 0.356. The lowest BCUT2D eigenvalue weighted by Gasteiger charge is -2.10. The molecule has 0 radical (unpaired) electrons. The zero-order valence-corrected chi connectivity index (χ0v) is 8.67. The molecule has 1 aromatic heterocycles. The van der Waals surface area contributed by atoms with Crippen molar-refractivity contribution in [3.05, 3.63) is 28.3 Å². The van der Waals surface area contributed by atoms with Crippen molar-refractivity contribution in [3.8, 4) is 11.6 Å². The van der Waals surface area contributed by atoms with Gasteiger partial charge >= 0.3 is 0 Å². The quantitative estimate of drug-likeness (QED) is 0.421. The number of azide groups is 1. The smallest absolute Gasteiger partial charge is 0.219 e. The van der Waals surface area contributed by atoms with Crippen LogP contribution in [0.5, 0.6) is 11.6 Å². The van der Waals surface area contributed by atoms with Crippen molar-refractivity contribution >= 4 is 0 Å². The number of rotatable bonds is 5. The Bertz CT molecular complexity index is 352.